The molecule has 3 heterocycles. The van der Waals surface area contributed by atoms with Crippen molar-refractivity contribution in [1.82, 2.24) is 15.1 Å². The highest BCUT2D eigenvalue weighted by molar-refractivity contribution is 5.00. The molecule has 2 aliphatic heterocycles. The van der Waals surface area contributed by atoms with Gasteiger partial charge in [-0.25, -0.2) is 0 Å². The molecule has 98 valence electrons. The average Bonchev–Trinajstić information content (AvgIpc) is 3.01. The minimum absolute atomic E-state index is 0.661. The van der Waals surface area contributed by atoms with Gasteiger partial charge in [-0.2, -0.15) is 0 Å². The van der Waals surface area contributed by atoms with Gasteiger partial charge in [-0.15, -0.1) is 10.2 Å². The van der Waals surface area contributed by atoms with Gasteiger partial charge in [0.1, 0.15) is 0 Å². The molecule has 4 atom stereocenters. The van der Waals surface area contributed by atoms with Gasteiger partial charge in [0.2, 0.25) is 11.8 Å². The second kappa shape index (κ2) is 4.03. The van der Waals surface area contributed by atoms with Gasteiger partial charge in [-0.1, -0.05) is 0 Å². The summed E-state index contributed by atoms with van der Waals surface area (Å²) in [5, 5.41) is 7.98. The van der Waals surface area contributed by atoms with Gasteiger partial charge >= 0.3 is 0 Å². The Morgan fingerprint density at radius 2 is 2.11 bits per heavy atom. The summed E-state index contributed by atoms with van der Waals surface area (Å²) in [6.07, 6.45) is 1.36. The summed E-state index contributed by atoms with van der Waals surface area (Å²) in [7, 11) is 0. The molecule has 1 aromatic heterocycles. The Hall–Kier alpha value is -0.940. The number of aromatic nitrogens is 2. The van der Waals surface area contributed by atoms with E-state index in [2.05, 4.69) is 15.1 Å². The maximum Gasteiger partial charge on any atom is 0.230 e. The zero-order valence-corrected chi connectivity index (χ0v) is 10.7. The molecule has 1 aromatic rings. The van der Waals surface area contributed by atoms with Gasteiger partial charge in [0, 0.05) is 26.6 Å². The molecule has 3 aliphatic rings. The Morgan fingerprint density at radius 3 is 2.94 bits per heavy atom. The number of fused-ring (bicyclic) bond motifs is 3. The molecule has 1 aliphatic carbocycles. The predicted molar refractivity (Wildman–Crippen MR) is 63.7 cm³/mol. The smallest absolute Gasteiger partial charge is 0.230 e. The molecule has 3 fully saturated rings. The maximum atomic E-state index is 5.62. The van der Waals surface area contributed by atoms with Crippen LogP contribution in [0.2, 0.25) is 0 Å². The Kier molecular flexibility index (Phi) is 2.45. The van der Waals surface area contributed by atoms with Crippen LogP contribution in [0.25, 0.3) is 0 Å². The SMILES string of the molecule is Cc1nnc(CN2C[C@@H]3C[C@@H]4COC[C@@H]4[C@@H]3C2)o1. The third kappa shape index (κ3) is 1.68. The van der Waals surface area contributed by atoms with Crippen molar-refractivity contribution in [3.05, 3.63) is 11.8 Å². The molecule has 0 spiro atoms. The lowest BCUT2D eigenvalue weighted by atomic mass is 9.91. The molecule has 0 N–H and O–H groups in total. The molecule has 1 saturated carbocycles. The van der Waals surface area contributed by atoms with Crippen molar-refractivity contribution in [2.75, 3.05) is 26.3 Å². The van der Waals surface area contributed by atoms with E-state index in [9.17, 15) is 0 Å². The van der Waals surface area contributed by atoms with E-state index < -0.39 is 0 Å². The van der Waals surface area contributed by atoms with Gasteiger partial charge in [0.15, 0.2) is 0 Å². The summed E-state index contributed by atoms with van der Waals surface area (Å²) < 4.78 is 11.1. The van der Waals surface area contributed by atoms with Crippen molar-refractivity contribution in [3.63, 3.8) is 0 Å². The van der Waals surface area contributed by atoms with E-state index in [1.165, 1.54) is 19.5 Å². The monoisotopic (exact) mass is 249 g/mol. The van der Waals surface area contributed by atoms with Gasteiger partial charge in [0.05, 0.1) is 13.2 Å². The standard InChI is InChI=1S/C13H19N3O2/c1-8-14-15-13(18-8)5-16-3-9-2-10-6-17-7-12(10)11(9)4-16/h9-12H,2-7H2,1H3/t9-,10+,11+,12-/m0/s1. The molecule has 0 amide bonds. The van der Waals surface area contributed by atoms with E-state index in [4.69, 9.17) is 9.15 Å². The van der Waals surface area contributed by atoms with E-state index in [1.54, 1.807) is 0 Å². The largest absolute Gasteiger partial charge is 0.424 e. The highest BCUT2D eigenvalue weighted by atomic mass is 16.5. The minimum Gasteiger partial charge on any atom is -0.424 e. The van der Waals surface area contributed by atoms with E-state index in [0.717, 1.165) is 49.3 Å². The molecule has 4 rings (SSSR count). The number of hydrogen-bond donors (Lipinski definition) is 0. The van der Waals surface area contributed by atoms with E-state index in [1.807, 2.05) is 6.92 Å². The van der Waals surface area contributed by atoms with Gasteiger partial charge in [-0.3, -0.25) is 4.90 Å². The van der Waals surface area contributed by atoms with Crippen LogP contribution in [-0.4, -0.2) is 41.4 Å². The predicted octanol–water partition coefficient (Wildman–Crippen LogP) is 1.09. The normalized spacial score (nSPS) is 39.2. The highest BCUT2D eigenvalue weighted by Crippen LogP contribution is 2.48. The van der Waals surface area contributed by atoms with Crippen LogP contribution in [0.1, 0.15) is 18.2 Å². The van der Waals surface area contributed by atoms with Crippen LogP contribution in [-0.2, 0) is 11.3 Å². The fourth-order valence-corrected chi connectivity index (χ4v) is 4.16. The van der Waals surface area contributed by atoms with Crippen LogP contribution in [0.3, 0.4) is 0 Å². The van der Waals surface area contributed by atoms with Gasteiger partial charge in [0.25, 0.3) is 0 Å². The molecule has 0 radical (unpaired) electrons. The molecule has 0 aromatic carbocycles. The van der Waals surface area contributed by atoms with Crippen molar-refractivity contribution in [2.24, 2.45) is 23.7 Å². The minimum atomic E-state index is 0.661. The first-order valence-electron chi connectivity index (χ1n) is 6.88. The van der Waals surface area contributed by atoms with Crippen molar-refractivity contribution in [2.45, 2.75) is 19.9 Å². The second-order valence-corrected chi connectivity index (χ2v) is 6.03. The summed E-state index contributed by atoms with van der Waals surface area (Å²) in [4.78, 5) is 2.47. The van der Waals surface area contributed by atoms with Crippen molar-refractivity contribution in [3.8, 4) is 0 Å². The lowest BCUT2D eigenvalue weighted by molar-refractivity contribution is 0.158. The first-order chi connectivity index (χ1) is 8.79. The Morgan fingerprint density at radius 1 is 1.17 bits per heavy atom. The first kappa shape index (κ1) is 10.9. The molecule has 2 saturated heterocycles. The number of ether oxygens (including phenoxy) is 1. The summed E-state index contributed by atoms with van der Waals surface area (Å²) in [6, 6.07) is 0. The summed E-state index contributed by atoms with van der Waals surface area (Å²) in [5.41, 5.74) is 0. The molecule has 5 heteroatoms. The molecule has 0 unspecified atom stereocenters. The lowest BCUT2D eigenvalue weighted by Gasteiger charge is -2.18. The topological polar surface area (TPSA) is 51.4 Å². The number of aryl methyl sites for hydroxylation is 1. The third-order valence-corrected chi connectivity index (χ3v) is 4.90. The zero-order chi connectivity index (χ0) is 12.1. The fraction of sp³-hybridized carbons (Fsp3) is 0.846. The Labute approximate surface area is 107 Å². The summed E-state index contributed by atoms with van der Waals surface area (Å²) in [5.74, 6) is 4.77. The second-order valence-electron chi connectivity index (χ2n) is 6.03. The van der Waals surface area contributed by atoms with Crippen molar-refractivity contribution < 1.29 is 9.15 Å². The molecule has 18 heavy (non-hydrogen) atoms. The fourth-order valence-electron chi connectivity index (χ4n) is 4.16. The molecular formula is C13H19N3O2. The number of likely N-dealkylation sites (tertiary alicyclic amines) is 1. The van der Waals surface area contributed by atoms with Crippen LogP contribution in [0.15, 0.2) is 4.42 Å². The Balaban J connectivity index is 1.42. The number of hydrogen-bond acceptors (Lipinski definition) is 5. The van der Waals surface area contributed by atoms with E-state index in [0.29, 0.717) is 5.89 Å². The lowest BCUT2D eigenvalue weighted by Crippen LogP contribution is -2.24. The van der Waals surface area contributed by atoms with Gasteiger partial charge in [-0.05, 0) is 30.1 Å². The van der Waals surface area contributed by atoms with Crippen molar-refractivity contribution >= 4 is 0 Å². The number of nitrogens with zero attached hydrogens (tertiary/aromatic N) is 3. The zero-order valence-electron chi connectivity index (χ0n) is 10.7. The Bertz CT molecular complexity index is 447. The highest BCUT2D eigenvalue weighted by Gasteiger charge is 2.50. The van der Waals surface area contributed by atoms with Crippen LogP contribution < -0.4 is 0 Å². The third-order valence-electron chi connectivity index (χ3n) is 4.90. The quantitative estimate of drug-likeness (QED) is 0.785. The van der Waals surface area contributed by atoms with Crippen LogP contribution in [0.5, 0.6) is 0 Å². The molecule has 0 bridgehead atoms. The van der Waals surface area contributed by atoms with Crippen LogP contribution >= 0.6 is 0 Å². The summed E-state index contributed by atoms with van der Waals surface area (Å²) >= 11 is 0. The number of rotatable bonds is 2. The van der Waals surface area contributed by atoms with Gasteiger partial charge < -0.3 is 9.15 Å². The van der Waals surface area contributed by atoms with E-state index >= 15 is 0 Å². The van der Waals surface area contributed by atoms with Crippen molar-refractivity contribution in [1.29, 1.82) is 0 Å². The molecular weight excluding hydrogens is 230 g/mol. The first-order valence-corrected chi connectivity index (χ1v) is 6.88. The van der Waals surface area contributed by atoms with Crippen LogP contribution in [0.4, 0.5) is 0 Å². The average molecular weight is 249 g/mol. The summed E-state index contributed by atoms with van der Waals surface area (Å²) in [6.45, 7) is 7.01. The maximum absolute atomic E-state index is 5.62. The van der Waals surface area contributed by atoms with E-state index in [-0.39, 0.29) is 0 Å². The van der Waals surface area contributed by atoms with Crippen LogP contribution in [0, 0.1) is 30.6 Å². The molecule has 5 nitrogen and oxygen atoms in total.